The van der Waals surface area contributed by atoms with Gasteiger partial charge in [0.1, 0.15) is 5.75 Å². The molecule has 4 rings (SSSR count). The number of fused-ring (bicyclic) bond motifs is 2. The Hall–Kier alpha value is -2.94. The van der Waals surface area contributed by atoms with E-state index in [9.17, 15) is 0 Å². The Morgan fingerprint density at radius 1 is 0.690 bits per heavy atom. The minimum absolute atomic E-state index is 0.203. The second kappa shape index (κ2) is 13.3. The first-order valence-corrected chi connectivity index (χ1v) is 10.4. The van der Waals surface area contributed by atoms with E-state index in [1.807, 2.05) is 90.5 Å². The molecule has 0 saturated carbocycles. The molecular formula is C26H34N2O. The highest BCUT2D eigenvalue weighted by Crippen LogP contribution is 2.25. The maximum atomic E-state index is 5.70. The van der Waals surface area contributed by atoms with Gasteiger partial charge in [-0.05, 0) is 49.9 Å². The van der Waals surface area contributed by atoms with Crippen LogP contribution in [0.1, 0.15) is 47.1 Å². The summed E-state index contributed by atoms with van der Waals surface area (Å²) in [5.74, 6) is 0.930. The summed E-state index contributed by atoms with van der Waals surface area (Å²) in [7, 11) is 0. The Balaban J connectivity index is 0.000000252. The predicted octanol–water partition coefficient (Wildman–Crippen LogP) is 7.62. The van der Waals surface area contributed by atoms with E-state index in [-0.39, 0.29) is 6.10 Å². The lowest BCUT2D eigenvalue weighted by Gasteiger charge is -2.11. The third-order valence-corrected chi connectivity index (χ3v) is 3.90. The molecule has 2 aromatic heterocycles. The van der Waals surface area contributed by atoms with E-state index >= 15 is 0 Å². The van der Waals surface area contributed by atoms with E-state index < -0.39 is 0 Å². The lowest BCUT2D eigenvalue weighted by atomic mass is 10.1. The van der Waals surface area contributed by atoms with Gasteiger partial charge in [-0.25, -0.2) is 0 Å². The number of hydrogen-bond acceptors (Lipinski definition) is 3. The number of benzene rings is 2. The van der Waals surface area contributed by atoms with Gasteiger partial charge in [0.25, 0.3) is 0 Å². The maximum absolute atomic E-state index is 5.70. The van der Waals surface area contributed by atoms with E-state index in [1.165, 1.54) is 16.3 Å². The Kier molecular flexibility index (Phi) is 11.0. The molecule has 0 aliphatic heterocycles. The summed E-state index contributed by atoms with van der Waals surface area (Å²) in [6.45, 7) is 14.2. The van der Waals surface area contributed by atoms with Gasteiger partial charge in [0, 0.05) is 40.9 Å². The second-order valence-electron chi connectivity index (χ2n) is 6.19. The monoisotopic (exact) mass is 390 g/mol. The molecule has 0 aliphatic rings. The molecule has 0 aliphatic carbocycles. The molecular weight excluding hydrogens is 356 g/mol. The van der Waals surface area contributed by atoms with Crippen molar-refractivity contribution in [2.45, 2.75) is 54.6 Å². The molecule has 4 aromatic rings. The van der Waals surface area contributed by atoms with Gasteiger partial charge < -0.3 is 4.74 Å². The fourth-order valence-corrected chi connectivity index (χ4v) is 2.73. The van der Waals surface area contributed by atoms with Crippen molar-refractivity contribution in [3.05, 3.63) is 78.9 Å². The molecule has 0 saturated heterocycles. The van der Waals surface area contributed by atoms with Crippen LogP contribution in [0.2, 0.25) is 0 Å². The van der Waals surface area contributed by atoms with Gasteiger partial charge in [0.2, 0.25) is 0 Å². The highest BCUT2D eigenvalue weighted by atomic mass is 16.5. The van der Waals surface area contributed by atoms with Crippen molar-refractivity contribution in [2.24, 2.45) is 0 Å². The zero-order valence-electron chi connectivity index (χ0n) is 18.8. The quantitative estimate of drug-likeness (QED) is 0.353. The summed E-state index contributed by atoms with van der Waals surface area (Å²) in [5.41, 5.74) is 1.31. The first-order chi connectivity index (χ1) is 14.1. The first-order valence-electron chi connectivity index (χ1n) is 10.4. The largest absolute Gasteiger partial charge is 0.490 e. The van der Waals surface area contributed by atoms with Crippen molar-refractivity contribution in [1.82, 2.24) is 9.97 Å². The molecule has 0 atom stereocenters. The second-order valence-corrected chi connectivity index (χ2v) is 6.19. The molecule has 0 unspecified atom stereocenters. The zero-order valence-corrected chi connectivity index (χ0v) is 18.8. The Labute approximate surface area is 175 Å². The molecule has 29 heavy (non-hydrogen) atoms. The molecule has 3 nitrogen and oxygen atoms in total. The minimum atomic E-state index is 0.203. The summed E-state index contributed by atoms with van der Waals surface area (Å²) in [5, 5.41) is 4.75. The SMILES string of the molecule is CC.CC.CC(C)Oc1cccc2cnccc12.Cc1cccc2cnccc12. The molecule has 0 spiro atoms. The van der Waals surface area contributed by atoms with Gasteiger partial charge in [0.05, 0.1) is 6.10 Å². The number of aryl methyl sites for hydroxylation is 1. The molecule has 0 radical (unpaired) electrons. The summed E-state index contributed by atoms with van der Waals surface area (Å²) < 4.78 is 5.70. The van der Waals surface area contributed by atoms with E-state index in [0.29, 0.717) is 0 Å². The third kappa shape index (κ3) is 7.19. The normalized spacial score (nSPS) is 9.52. The van der Waals surface area contributed by atoms with Crippen LogP contribution in [0.15, 0.2) is 73.3 Å². The van der Waals surface area contributed by atoms with Crippen molar-refractivity contribution >= 4 is 21.5 Å². The van der Waals surface area contributed by atoms with Crippen LogP contribution >= 0.6 is 0 Å². The van der Waals surface area contributed by atoms with Crippen LogP contribution in [-0.2, 0) is 0 Å². The number of hydrogen-bond donors (Lipinski definition) is 0. The van der Waals surface area contributed by atoms with Gasteiger partial charge in [-0.2, -0.15) is 0 Å². The van der Waals surface area contributed by atoms with Crippen LogP contribution in [0.4, 0.5) is 0 Å². The van der Waals surface area contributed by atoms with E-state index in [1.54, 1.807) is 6.20 Å². The summed E-state index contributed by atoms with van der Waals surface area (Å²) in [4.78, 5) is 8.13. The molecule has 0 bridgehead atoms. The Morgan fingerprint density at radius 3 is 1.76 bits per heavy atom. The predicted molar refractivity (Wildman–Crippen MR) is 127 cm³/mol. The average Bonchev–Trinajstić information content (AvgIpc) is 2.77. The molecule has 0 fully saturated rings. The van der Waals surface area contributed by atoms with Gasteiger partial charge in [0.15, 0.2) is 0 Å². The number of pyridine rings is 2. The topological polar surface area (TPSA) is 35.0 Å². The highest BCUT2D eigenvalue weighted by molar-refractivity contribution is 5.87. The Morgan fingerprint density at radius 2 is 1.21 bits per heavy atom. The standard InChI is InChI=1S/C12H13NO.C10H9N.2C2H6/c1-9(2)14-12-5-3-4-10-8-13-7-6-11(10)12;1-8-3-2-4-9-7-11-6-5-10(8)9;2*1-2/h3-9H,1-2H3;2-7H,1H3;2*1-2H3. The van der Waals surface area contributed by atoms with Crippen molar-refractivity contribution in [3.8, 4) is 5.75 Å². The number of ether oxygens (including phenoxy) is 1. The highest BCUT2D eigenvalue weighted by Gasteiger charge is 2.02. The van der Waals surface area contributed by atoms with Crippen LogP contribution in [0, 0.1) is 6.92 Å². The van der Waals surface area contributed by atoms with Gasteiger partial charge in [-0.3, -0.25) is 9.97 Å². The summed E-state index contributed by atoms with van der Waals surface area (Å²) in [6, 6.07) is 16.3. The molecule has 154 valence electrons. The lowest BCUT2D eigenvalue weighted by molar-refractivity contribution is 0.245. The minimum Gasteiger partial charge on any atom is -0.490 e. The van der Waals surface area contributed by atoms with Crippen LogP contribution in [0.5, 0.6) is 5.75 Å². The van der Waals surface area contributed by atoms with Gasteiger partial charge in [-0.1, -0.05) is 58.0 Å². The van der Waals surface area contributed by atoms with Crippen LogP contribution < -0.4 is 4.74 Å². The van der Waals surface area contributed by atoms with E-state index in [4.69, 9.17) is 4.74 Å². The number of rotatable bonds is 2. The van der Waals surface area contributed by atoms with Crippen LogP contribution in [0.25, 0.3) is 21.5 Å². The third-order valence-electron chi connectivity index (χ3n) is 3.90. The van der Waals surface area contributed by atoms with Crippen LogP contribution in [0.3, 0.4) is 0 Å². The van der Waals surface area contributed by atoms with Crippen molar-refractivity contribution in [3.63, 3.8) is 0 Å². The van der Waals surface area contributed by atoms with Crippen LogP contribution in [-0.4, -0.2) is 16.1 Å². The lowest BCUT2D eigenvalue weighted by Crippen LogP contribution is -2.05. The molecule has 3 heteroatoms. The molecule has 0 N–H and O–H groups in total. The number of aromatic nitrogens is 2. The van der Waals surface area contributed by atoms with E-state index in [0.717, 1.165) is 16.5 Å². The van der Waals surface area contributed by atoms with E-state index in [2.05, 4.69) is 35.1 Å². The van der Waals surface area contributed by atoms with Crippen molar-refractivity contribution in [2.75, 3.05) is 0 Å². The first kappa shape index (κ1) is 24.1. The maximum Gasteiger partial charge on any atom is 0.127 e. The fourth-order valence-electron chi connectivity index (χ4n) is 2.73. The van der Waals surface area contributed by atoms with Gasteiger partial charge in [-0.15, -0.1) is 0 Å². The summed E-state index contributed by atoms with van der Waals surface area (Å²) >= 11 is 0. The fraction of sp³-hybridized carbons (Fsp3) is 0.308. The molecule has 0 amide bonds. The zero-order chi connectivity index (χ0) is 21.6. The van der Waals surface area contributed by atoms with Crippen molar-refractivity contribution < 1.29 is 4.74 Å². The van der Waals surface area contributed by atoms with Crippen molar-refractivity contribution in [1.29, 1.82) is 0 Å². The number of nitrogens with zero attached hydrogens (tertiary/aromatic N) is 2. The molecule has 2 heterocycles. The van der Waals surface area contributed by atoms with Gasteiger partial charge >= 0.3 is 0 Å². The average molecular weight is 391 g/mol. The Bertz CT molecular complexity index is 970. The summed E-state index contributed by atoms with van der Waals surface area (Å²) in [6.07, 6.45) is 7.56. The smallest absolute Gasteiger partial charge is 0.127 e. The molecule has 2 aromatic carbocycles.